The van der Waals surface area contributed by atoms with Crippen LogP contribution >= 0.6 is 7.60 Å². The van der Waals surface area contributed by atoms with Crippen LogP contribution < -0.4 is 0 Å². The SMILES string of the molecule is O=C(OCC12CC3CC(CC(C3)C1)C2)P(=O)(O)O. The molecule has 0 aromatic heterocycles. The average molecular weight is 274 g/mol. The Morgan fingerprint density at radius 1 is 1.11 bits per heavy atom. The van der Waals surface area contributed by atoms with E-state index in [-0.39, 0.29) is 12.0 Å². The highest BCUT2D eigenvalue weighted by Crippen LogP contribution is 2.60. The molecule has 0 unspecified atom stereocenters. The van der Waals surface area contributed by atoms with E-state index in [0.717, 1.165) is 37.0 Å². The minimum Gasteiger partial charge on any atom is -0.456 e. The molecule has 5 nitrogen and oxygen atoms in total. The fourth-order valence-corrected chi connectivity index (χ4v) is 5.00. The van der Waals surface area contributed by atoms with Crippen LogP contribution in [0.5, 0.6) is 0 Å². The maximum absolute atomic E-state index is 11.2. The van der Waals surface area contributed by atoms with Crippen LogP contribution in [0.3, 0.4) is 0 Å². The van der Waals surface area contributed by atoms with Crippen LogP contribution in [0.4, 0.5) is 4.79 Å². The fraction of sp³-hybridized carbons (Fsp3) is 0.917. The maximum Gasteiger partial charge on any atom is 0.433 e. The monoisotopic (exact) mass is 274 g/mol. The van der Waals surface area contributed by atoms with Crippen molar-refractivity contribution in [2.45, 2.75) is 38.5 Å². The van der Waals surface area contributed by atoms with E-state index in [1.54, 1.807) is 0 Å². The van der Waals surface area contributed by atoms with Gasteiger partial charge in [-0.3, -0.25) is 0 Å². The van der Waals surface area contributed by atoms with Crippen molar-refractivity contribution in [1.82, 2.24) is 0 Å². The van der Waals surface area contributed by atoms with Gasteiger partial charge in [0.05, 0.1) is 6.61 Å². The highest BCUT2D eigenvalue weighted by atomic mass is 31.2. The van der Waals surface area contributed by atoms with Crippen molar-refractivity contribution in [2.75, 3.05) is 6.61 Å². The first-order valence-electron chi connectivity index (χ1n) is 6.59. The van der Waals surface area contributed by atoms with Gasteiger partial charge in [-0.2, -0.15) is 0 Å². The Labute approximate surface area is 106 Å². The predicted molar refractivity (Wildman–Crippen MR) is 64.0 cm³/mol. The molecule has 0 aliphatic heterocycles. The molecular formula is C12H19O5P. The van der Waals surface area contributed by atoms with Crippen LogP contribution in [-0.4, -0.2) is 22.1 Å². The molecule has 6 heteroatoms. The number of hydrogen-bond acceptors (Lipinski definition) is 3. The van der Waals surface area contributed by atoms with Crippen molar-refractivity contribution in [2.24, 2.45) is 23.2 Å². The molecular weight excluding hydrogens is 255 g/mol. The van der Waals surface area contributed by atoms with Crippen molar-refractivity contribution in [3.63, 3.8) is 0 Å². The van der Waals surface area contributed by atoms with Gasteiger partial charge in [-0.1, -0.05) is 0 Å². The highest BCUT2D eigenvalue weighted by Gasteiger charge is 2.51. The van der Waals surface area contributed by atoms with Crippen molar-refractivity contribution in [3.8, 4) is 0 Å². The van der Waals surface area contributed by atoms with E-state index in [1.165, 1.54) is 19.3 Å². The molecule has 0 atom stereocenters. The molecule has 4 rings (SSSR count). The number of rotatable bonds is 3. The lowest BCUT2D eigenvalue weighted by molar-refractivity contribution is -0.0800. The Morgan fingerprint density at radius 2 is 1.56 bits per heavy atom. The highest BCUT2D eigenvalue weighted by molar-refractivity contribution is 7.69. The zero-order valence-electron chi connectivity index (χ0n) is 10.2. The first-order chi connectivity index (χ1) is 8.36. The first kappa shape index (κ1) is 12.6. The molecule has 0 spiro atoms. The van der Waals surface area contributed by atoms with Crippen molar-refractivity contribution >= 4 is 13.3 Å². The van der Waals surface area contributed by atoms with Crippen molar-refractivity contribution in [3.05, 3.63) is 0 Å². The molecule has 0 aromatic rings. The Kier molecular flexibility index (Phi) is 2.85. The van der Waals surface area contributed by atoms with Crippen LogP contribution in [0.25, 0.3) is 0 Å². The topological polar surface area (TPSA) is 83.8 Å². The number of carbonyl (C=O) groups is 1. The molecule has 4 fully saturated rings. The summed E-state index contributed by atoms with van der Waals surface area (Å²) in [4.78, 5) is 28.6. The summed E-state index contributed by atoms with van der Waals surface area (Å²) in [6.45, 7) is 0.195. The maximum atomic E-state index is 11.2. The van der Waals surface area contributed by atoms with E-state index in [9.17, 15) is 9.36 Å². The number of hydrogen-bond donors (Lipinski definition) is 2. The lowest BCUT2D eigenvalue weighted by Gasteiger charge is -2.56. The smallest absolute Gasteiger partial charge is 0.433 e. The van der Waals surface area contributed by atoms with Gasteiger partial charge in [0, 0.05) is 5.41 Å². The second kappa shape index (κ2) is 4.06. The lowest BCUT2D eigenvalue weighted by atomic mass is 9.50. The molecule has 4 saturated carbocycles. The summed E-state index contributed by atoms with van der Waals surface area (Å²) in [5, 5.41) is 0. The van der Waals surface area contributed by atoms with E-state index in [1.807, 2.05) is 0 Å². The molecule has 0 heterocycles. The quantitative estimate of drug-likeness (QED) is 0.772. The van der Waals surface area contributed by atoms with Gasteiger partial charge in [-0.05, 0) is 56.3 Å². The van der Waals surface area contributed by atoms with Crippen LogP contribution in [0, 0.1) is 23.2 Å². The third-order valence-electron chi connectivity index (χ3n) is 4.90. The van der Waals surface area contributed by atoms with Gasteiger partial charge in [-0.25, -0.2) is 9.36 Å². The molecule has 102 valence electrons. The van der Waals surface area contributed by atoms with Crippen molar-refractivity contribution < 1.29 is 23.9 Å². The van der Waals surface area contributed by atoms with E-state index >= 15 is 0 Å². The van der Waals surface area contributed by atoms with Gasteiger partial charge in [0.1, 0.15) is 0 Å². The molecule has 0 aromatic carbocycles. The normalized spacial score (nSPS) is 42.0. The largest absolute Gasteiger partial charge is 0.456 e. The summed E-state index contributed by atoms with van der Waals surface area (Å²) >= 11 is 0. The molecule has 4 bridgehead atoms. The van der Waals surface area contributed by atoms with Gasteiger partial charge in [0.2, 0.25) is 0 Å². The Morgan fingerprint density at radius 3 is 1.94 bits per heavy atom. The zero-order chi connectivity index (χ0) is 13.0. The van der Waals surface area contributed by atoms with Crippen LogP contribution in [0.15, 0.2) is 0 Å². The predicted octanol–water partition coefficient (Wildman–Crippen LogP) is 2.52. The summed E-state index contributed by atoms with van der Waals surface area (Å²) in [6, 6.07) is 0. The van der Waals surface area contributed by atoms with E-state index in [4.69, 9.17) is 14.5 Å². The Hall–Kier alpha value is -0.380. The summed E-state index contributed by atoms with van der Waals surface area (Å²) in [5.41, 5.74) is -1.35. The standard InChI is InChI=1S/C12H19O5P/c13-11(18(14,15)16)17-7-12-4-8-1-9(5-12)3-10(2-8)6-12/h8-10H,1-7H2,(H2,14,15,16). The molecule has 0 radical (unpaired) electrons. The van der Waals surface area contributed by atoms with Gasteiger partial charge in [-0.15, -0.1) is 0 Å². The van der Waals surface area contributed by atoms with E-state index in [0.29, 0.717) is 0 Å². The van der Waals surface area contributed by atoms with Gasteiger partial charge in [0.25, 0.3) is 0 Å². The van der Waals surface area contributed by atoms with E-state index in [2.05, 4.69) is 0 Å². The van der Waals surface area contributed by atoms with Crippen molar-refractivity contribution in [1.29, 1.82) is 0 Å². The number of ether oxygens (including phenoxy) is 1. The zero-order valence-corrected chi connectivity index (χ0v) is 11.1. The molecule has 2 N–H and O–H groups in total. The number of carbonyl (C=O) groups excluding carboxylic acids is 1. The van der Waals surface area contributed by atoms with Crippen LogP contribution in [0.1, 0.15) is 38.5 Å². The second-order valence-corrected chi connectivity index (χ2v) is 7.97. The van der Waals surface area contributed by atoms with Crippen LogP contribution in [-0.2, 0) is 9.30 Å². The lowest BCUT2D eigenvalue weighted by Crippen LogP contribution is -2.48. The third kappa shape index (κ3) is 2.24. The Balaban J connectivity index is 1.66. The molecule has 0 saturated heterocycles. The molecule has 4 aliphatic rings. The summed E-state index contributed by atoms with van der Waals surface area (Å²) < 4.78 is 15.7. The summed E-state index contributed by atoms with van der Waals surface area (Å²) in [6.07, 6.45) is 7.08. The molecule has 18 heavy (non-hydrogen) atoms. The van der Waals surface area contributed by atoms with Crippen LogP contribution in [0.2, 0.25) is 0 Å². The minimum absolute atomic E-state index is 0.0135. The summed E-state index contributed by atoms with van der Waals surface area (Å²) in [5.74, 6) is 2.22. The second-order valence-electron chi connectivity index (χ2n) is 6.52. The molecule has 0 amide bonds. The van der Waals surface area contributed by atoms with Gasteiger partial charge in [0.15, 0.2) is 0 Å². The van der Waals surface area contributed by atoms with E-state index < -0.39 is 13.3 Å². The Bertz CT molecular complexity index is 377. The molecule has 4 aliphatic carbocycles. The minimum atomic E-state index is -4.73. The third-order valence-corrected chi connectivity index (χ3v) is 5.51. The summed E-state index contributed by atoms with van der Waals surface area (Å²) in [7, 11) is -4.73. The first-order valence-corrected chi connectivity index (χ1v) is 8.20. The van der Waals surface area contributed by atoms with Gasteiger partial charge < -0.3 is 14.5 Å². The fourth-order valence-electron chi connectivity index (χ4n) is 4.77. The van der Waals surface area contributed by atoms with Gasteiger partial charge >= 0.3 is 13.3 Å². The average Bonchev–Trinajstić information content (AvgIpc) is 2.22.